The van der Waals surface area contributed by atoms with E-state index in [2.05, 4.69) is 4.98 Å². The van der Waals surface area contributed by atoms with Crippen LogP contribution in [0.5, 0.6) is 0 Å². The van der Waals surface area contributed by atoms with Crippen LogP contribution in [0.15, 0.2) is 62.7 Å². The lowest BCUT2D eigenvalue weighted by molar-refractivity contribution is 0.330. The fraction of sp³-hybridized carbons (Fsp3) is 0.133. The molecular weight excluding hydrogens is 375 g/mol. The highest BCUT2D eigenvalue weighted by molar-refractivity contribution is 7.89. The second kappa shape index (κ2) is 6.98. The van der Waals surface area contributed by atoms with Gasteiger partial charge in [-0.1, -0.05) is 23.2 Å². The van der Waals surface area contributed by atoms with Crippen LogP contribution in [-0.4, -0.2) is 17.7 Å². The number of rotatable bonds is 6. The molecule has 0 amide bonds. The first-order valence-corrected chi connectivity index (χ1v) is 9.03. The van der Waals surface area contributed by atoms with Gasteiger partial charge in [0.05, 0.1) is 25.6 Å². The number of furan rings is 2. The van der Waals surface area contributed by atoms with Crippen LogP contribution in [-0.2, 0) is 23.1 Å². The minimum absolute atomic E-state index is 0.0228. The van der Waals surface area contributed by atoms with Crippen LogP contribution in [0, 0.1) is 0 Å². The van der Waals surface area contributed by atoms with E-state index in [0.717, 1.165) is 0 Å². The number of sulfonamides is 1. The Bertz CT molecular complexity index is 873. The Labute approximate surface area is 148 Å². The van der Waals surface area contributed by atoms with Gasteiger partial charge in [0.1, 0.15) is 21.6 Å². The summed E-state index contributed by atoms with van der Waals surface area (Å²) < 4.78 is 37.7. The number of hydrogen-bond acceptors (Lipinski definition) is 5. The van der Waals surface area contributed by atoms with E-state index in [1.165, 1.54) is 29.0 Å². The van der Waals surface area contributed by atoms with E-state index in [-0.39, 0.29) is 28.3 Å². The number of pyridine rings is 1. The van der Waals surface area contributed by atoms with Crippen LogP contribution < -0.4 is 0 Å². The summed E-state index contributed by atoms with van der Waals surface area (Å²) in [6, 6.07) is 9.44. The third-order valence-electron chi connectivity index (χ3n) is 3.22. The van der Waals surface area contributed by atoms with Crippen molar-refractivity contribution in [2.75, 3.05) is 0 Å². The van der Waals surface area contributed by atoms with Crippen LogP contribution in [0.1, 0.15) is 11.5 Å². The van der Waals surface area contributed by atoms with Crippen molar-refractivity contribution >= 4 is 33.2 Å². The number of hydrogen-bond donors (Lipinski definition) is 0. The van der Waals surface area contributed by atoms with E-state index in [1.807, 2.05) is 0 Å². The summed E-state index contributed by atoms with van der Waals surface area (Å²) in [5, 5.41) is -0.0750. The van der Waals surface area contributed by atoms with E-state index in [0.29, 0.717) is 11.5 Å². The molecule has 3 rings (SSSR count). The number of aromatic nitrogens is 1. The predicted molar refractivity (Wildman–Crippen MR) is 88.1 cm³/mol. The lowest BCUT2D eigenvalue weighted by Gasteiger charge is -2.20. The molecule has 0 radical (unpaired) electrons. The minimum atomic E-state index is -3.94. The molecule has 0 atom stereocenters. The van der Waals surface area contributed by atoms with Gasteiger partial charge in [-0.25, -0.2) is 13.4 Å². The summed E-state index contributed by atoms with van der Waals surface area (Å²) in [7, 11) is -3.94. The van der Waals surface area contributed by atoms with Gasteiger partial charge in [-0.05, 0) is 36.4 Å². The van der Waals surface area contributed by atoms with Gasteiger partial charge >= 0.3 is 0 Å². The van der Waals surface area contributed by atoms with Crippen LogP contribution in [0.2, 0.25) is 10.3 Å². The first-order chi connectivity index (χ1) is 11.5. The topological polar surface area (TPSA) is 76.6 Å². The summed E-state index contributed by atoms with van der Waals surface area (Å²) in [5.74, 6) is 0.978. The first kappa shape index (κ1) is 17.0. The Balaban J connectivity index is 1.99. The molecule has 126 valence electrons. The molecule has 3 aromatic rings. The maximum Gasteiger partial charge on any atom is 0.246 e. The van der Waals surface area contributed by atoms with Crippen molar-refractivity contribution in [2.24, 2.45) is 0 Å². The molecule has 0 aliphatic heterocycles. The highest BCUT2D eigenvalue weighted by Gasteiger charge is 2.29. The van der Waals surface area contributed by atoms with Crippen molar-refractivity contribution in [1.82, 2.24) is 9.29 Å². The third-order valence-corrected chi connectivity index (χ3v) is 5.66. The second-order valence-corrected chi connectivity index (χ2v) is 7.51. The normalized spacial score (nSPS) is 12.0. The average molecular weight is 387 g/mol. The Morgan fingerprint density at radius 2 is 1.54 bits per heavy atom. The molecule has 0 aliphatic carbocycles. The Morgan fingerprint density at radius 1 is 0.958 bits per heavy atom. The van der Waals surface area contributed by atoms with Crippen LogP contribution in [0.3, 0.4) is 0 Å². The summed E-state index contributed by atoms with van der Waals surface area (Å²) in [6.45, 7) is 0.0456. The van der Waals surface area contributed by atoms with Gasteiger partial charge < -0.3 is 8.83 Å². The molecule has 0 fully saturated rings. The molecule has 0 aliphatic rings. The molecular formula is C15H12Cl2N2O4S. The molecule has 3 aromatic heterocycles. The summed E-state index contributed by atoms with van der Waals surface area (Å²) in [6.07, 6.45) is 2.95. The maximum atomic E-state index is 13.0. The van der Waals surface area contributed by atoms with Crippen LogP contribution >= 0.6 is 23.2 Å². The molecule has 9 heteroatoms. The quantitative estimate of drug-likeness (QED) is 0.599. The Hall–Kier alpha value is -1.80. The van der Waals surface area contributed by atoms with Crippen molar-refractivity contribution in [3.05, 3.63) is 70.8 Å². The zero-order chi connectivity index (χ0) is 17.2. The smallest absolute Gasteiger partial charge is 0.246 e. The molecule has 0 N–H and O–H groups in total. The standard InChI is InChI=1S/C15H12Cl2N2O4S/c16-14-6-5-13(15(17)18-14)24(20,21)19(9-11-3-1-7-22-11)10-12-4-2-8-23-12/h1-8H,9-10H2. The lowest BCUT2D eigenvalue weighted by Crippen LogP contribution is -2.30. The van der Waals surface area contributed by atoms with E-state index in [1.54, 1.807) is 24.3 Å². The third kappa shape index (κ3) is 3.64. The van der Waals surface area contributed by atoms with E-state index >= 15 is 0 Å². The summed E-state index contributed by atoms with van der Waals surface area (Å²) in [4.78, 5) is 3.66. The second-order valence-electron chi connectivity index (χ2n) is 4.85. The molecule has 0 saturated heterocycles. The fourth-order valence-corrected chi connectivity index (χ4v) is 4.12. The van der Waals surface area contributed by atoms with Crippen molar-refractivity contribution < 1.29 is 17.3 Å². The molecule has 0 aromatic carbocycles. The summed E-state index contributed by atoms with van der Waals surface area (Å²) in [5.41, 5.74) is 0. The number of nitrogens with zero attached hydrogens (tertiary/aromatic N) is 2. The molecule has 0 spiro atoms. The minimum Gasteiger partial charge on any atom is -0.468 e. The van der Waals surface area contributed by atoms with Gasteiger partial charge in [-0.2, -0.15) is 4.31 Å². The maximum absolute atomic E-state index is 13.0. The largest absolute Gasteiger partial charge is 0.468 e. The molecule has 24 heavy (non-hydrogen) atoms. The van der Waals surface area contributed by atoms with Gasteiger partial charge in [0.25, 0.3) is 0 Å². The monoisotopic (exact) mass is 386 g/mol. The Morgan fingerprint density at radius 3 is 2.00 bits per heavy atom. The highest BCUT2D eigenvalue weighted by atomic mass is 35.5. The summed E-state index contributed by atoms with van der Waals surface area (Å²) >= 11 is 11.7. The van der Waals surface area contributed by atoms with Gasteiger partial charge in [-0.3, -0.25) is 0 Å². The first-order valence-electron chi connectivity index (χ1n) is 6.84. The molecule has 0 saturated carbocycles. The van der Waals surface area contributed by atoms with E-state index in [9.17, 15) is 8.42 Å². The SMILES string of the molecule is O=S(=O)(c1ccc(Cl)nc1Cl)N(Cc1ccco1)Cc1ccco1. The molecule has 3 heterocycles. The fourth-order valence-electron chi connectivity index (χ4n) is 2.11. The van der Waals surface area contributed by atoms with Gasteiger partial charge in [0, 0.05) is 0 Å². The van der Waals surface area contributed by atoms with Crippen molar-refractivity contribution in [1.29, 1.82) is 0 Å². The van der Waals surface area contributed by atoms with E-state index in [4.69, 9.17) is 32.0 Å². The molecule has 0 unspecified atom stereocenters. The van der Waals surface area contributed by atoms with Crippen LogP contribution in [0.4, 0.5) is 0 Å². The predicted octanol–water partition coefficient (Wildman–Crippen LogP) is 3.97. The van der Waals surface area contributed by atoms with Crippen molar-refractivity contribution in [3.63, 3.8) is 0 Å². The zero-order valence-corrected chi connectivity index (χ0v) is 14.6. The van der Waals surface area contributed by atoms with Gasteiger partial charge in [0.15, 0.2) is 5.15 Å². The van der Waals surface area contributed by atoms with Crippen LogP contribution in [0.25, 0.3) is 0 Å². The highest BCUT2D eigenvalue weighted by Crippen LogP contribution is 2.27. The van der Waals surface area contributed by atoms with Crippen molar-refractivity contribution in [2.45, 2.75) is 18.0 Å². The molecule has 0 bridgehead atoms. The van der Waals surface area contributed by atoms with E-state index < -0.39 is 10.0 Å². The van der Waals surface area contributed by atoms with Crippen molar-refractivity contribution in [3.8, 4) is 0 Å². The van der Waals surface area contributed by atoms with Gasteiger partial charge in [-0.15, -0.1) is 0 Å². The average Bonchev–Trinajstić information content (AvgIpc) is 3.19. The lowest BCUT2D eigenvalue weighted by atomic mass is 10.4. The molecule has 6 nitrogen and oxygen atoms in total. The zero-order valence-electron chi connectivity index (χ0n) is 12.2. The number of halogens is 2. The Kier molecular flexibility index (Phi) is 4.96. The van der Waals surface area contributed by atoms with Gasteiger partial charge in [0.2, 0.25) is 10.0 Å².